The maximum Gasteiger partial charge on any atom is 0.363 e. The predicted molar refractivity (Wildman–Crippen MR) is 123 cm³/mol. The number of ether oxygens (including phenoxy) is 3. The van der Waals surface area contributed by atoms with Crippen LogP contribution >= 0.6 is 15.9 Å². The zero-order valence-electron chi connectivity index (χ0n) is 17.5. The Kier molecular flexibility index (Phi) is 6.84. The topological polar surface area (TPSA) is 57.1 Å². The van der Waals surface area contributed by atoms with Crippen molar-refractivity contribution in [3.05, 3.63) is 99.2 Å². The molecule has 168 valence electrons. The fourth-order valence-corrected chi connectivity index (χ4v) is 3.70. The molecule has 0 atom stereocenters. The van der Waals surface area contributed by atoms with E-state index in [1.807, 2.05) is 6.92 Å². The van der Waals surface area contributed by atoms with Gasteiger partial charge in [0.15, 0.2) is 17.2 Å². The summed E-state index contributed by atoms with van der Waals surface area (Å²) >= 11 is 3.48. The van der Waals surface area contributed by atoms with Crippen LogP contribution in [0.15, 0.2) is 75.8 Å². The number of carbonyl (C=O) groups excluding carboxylic acids is 1. The van der Waals surface area contributed by atoms with E-state index in [-0.39, 0.29) is 29.6 Å². The Balaban J connectivity index is 1.61. The Bertz CT molecular complexity index is 1260. The van der Waals surface area contributed by atoms with Crippen molar-refractivity contribution in [1.82, 2.24) is 0 Å². The molecule has 0 saturated carbocycles. The van der Waals surface area contributed by atoms with Gasteiger partial charge in [0.1, 0.15) is 18.2 Å². The van der Waals surface area contributed by atoms with Crippen molar-refractivity contribution >= 4 is 33.9 Å². The van der Waals surface area contributed by atoms with Crippen molar-refractivity contribution in [1.29, 1.82) is 0 Å². The van der Waals surface area contributed by atoms with Crippen LogP contribution in [0, 0.1) is 11.6 Å². The van der Waals surface area contributed by atoms with E-state index in [1.54, 1.807) is 36.4 Å². The molecule has 0 spiro atoms. The van der Waals surface area contributed by atoms with Gasteiger partial charge in [-0.3, -0.25) is 0 Å². The fraction of sp³-hybridized carbons (Fsp3) is 0.120. The molecular formula is C25H18BrF2NO4. The van der Waals surface area contributed by atoms with Crippen molar-refractivity contribution in [2.45, 2.75) is 13.5 Å². The van der Waals surface area contributed by atoms with Crippen LogP contribution in [0.25, 0.3) is 6.08 Å². The highest BCUT2D eigenvalue weighted by Gasteiger charge is 2.26. The molecule has 3 aromatic carbocycles. The van der Waals surface area contributed by atoms with Crippen LogP contribution < -0.4 is 9.47 Å². The second-order valence-electron chi connectivity index (χ2n) is 6.99. The van der Waals surface area contributed by atoms with Gasteiger partial charge in [0, 0.05) is 0 Å². The molecule has 0 bridgehead atoms. The number of cyclic esters (lactones) is 1. The summed E-state index contributed by atoms with van der Waals surface area (Å²) in [5.41, 5.74) is 1.53. The first kappa shape index (κ1) is 22.7. The molecule has 0 amide bonds. The lowest BCUT2D eigenvalue weighted by molar-refractivity contribution is -0.129. The van der Waals surface area contributed by atoms with Gasteiger partial charge in [-0.15, -0.1) is 0 Å². The number of halogens is 3. The molecule has 0 unspecified atom stereocenters. The maximum absolute atomic E-state index is 14.0. The van der Waals surface area contributed by atoms with E-state index in [4.69, 9.17) is 14.2 Å². The van der Waals surface area contributed by atoms with Gasteiger partial charge in [-0.1, -0.05) is 24.3 Å². The number of rotatable bonds is 7. The Labute approximate surface area is 197 Å². The fourth-order valence-electron chi connectivity index (χ4n) is 3.13. The van der Waals surface area contributed by atoms with Crippen LogP contribution in [-0.2, 0) is 16.1 Å². The number of hydrogen-bond acceptors (Lipinski definition) is 5. The van der Waals surface area contributed by atoms with Crippen molar-refractivity contribution in [3.8, 4) is 11.5 Å². The Morgan fingerprint density at radius 2 is 1.82 bits per heavy atom. The van der Waals surface area contributed by atoms with Gasteiger partial charge < -0.3 is 14.2 Å². The SMILES string of the molecule is CCOc1cc(/C=C2\N=C(c3ccccc3F)OC2=O)cc(Br)c1OCc1ccc(F)cc1. The zero-order chi connectivity index (χ0) is 23.4. The Morgan fingerprint density at radius 1 is 1.06 bits per heavy atom. The smallest absolute Gasteiger partial charge is 0.363 e. The molecule has 0 radical (unpaired) electrons. The maximum atomic E-state index is 14.0. The van der Waals surface area contributed by atoms with Crippen LogP contribution in [0.5, 0.6) is 11.5 Å². The molecule has 33 heavy (non-hydrogen) atoms. The first-order valence-electron chi connectivity index (χ1n) is 10.1. The summed E-state index contributed by atoms with van der Waals surface area (Å²) in [5, 5.41) is 0. The molecule has 0 N–H and O–H groups in total. The molecule has 4 rings (SSSR count). The molecule has 5 nitrogen and oxygen atoms in total. The molecule has 0 aromatic heterocycles. The highest BCUT2D eigenvalue weighted by atomic mass is 79.9. The number of benzene rings is 3. The van der Waals surface area contributed by atoms with Crippen molar-refractivity contribution in [2.24, 2.45) is 4.99 Å². The van der Waals surface area contributed by atoms with Crippen LogP contribution in [0.2, 0.25) is 0 Å². The molecule has 0 aliphatic carbocycles. The van der Waals surface area contributed by atoms with E-state index < -0.39 is 11.8 Å². The third kappa shape index (κ3) is 5.28. The summed E-state index contributed by atoms with van der Waals surface area (Å²) in [6, 6.07) is 15.4. The summed E-state index contributed by atoms with van der Waals surface area (Å²) in [6.45, 7) is 2.43. The molecule has 0 fully saturated rings. The molecule has 1 aliphatic heterocycles. The largest absolute Gasteiger partial charge is 0.490 e. The van der Waals surface area contributed by atoms with Crippen LogP contribution in [0.1, 0.15) is 23.6 Å². The number of aliphatic imine (C=N–C) groups is 1. The lowest BCUT2D eigenvalue weighted by atomic mass is 10.1. The van der Waals surface area contributed by atoms with Crippen molar-refractivity contribution in [2.75, 3.05) is 6.61 Å². The average molecular weight is 514 g/mol. The van der Waals surface area contributed by atoms with Gasteiger partial charge in [0.25, 0.3) is 0 Å². The summed E-state index contributed by atoms with van der Waals surface area (Å²) in [6.07, 6.45) is 1.52. The van der Waals surface area contributed by atoms with Crippen molar-refractivity contribution < 1.29 is 27.8 Å². The lowest BCUT2D eigenvalue weighted by Gasteiger charge is -2.15. The van der Waals surface area contributed by atoms with Crippen LogP contribution in [0.4, 0.5) is 8.78 Å². The highest BCUT2D eigenvalue weighted by Crippen LogP contribution is 2.38. The minimum Gasteiger partial charge on any atom is -0.490 e. The van der Waals surface area contributed by atoms with E-state index in [0.717, 1.165) is 5.56 Å². The number of nitrogens with zero attached hydrogens (tertiary/aromatic N) is 1. The standard InChI is InChI=1S/C25H18BrF2NO4/c1-2-31-22-13-16(11-19(26)23(22)32-14-15-7-9-17(27)10-8-15)12-21-25(30)33-24(29-21)18-5-3-4-6-20(18)28/h3-13H,2,14H2,1H3/b21-12-. The van der Waals surface area contributed by atoms with E-state index in [2.05, 4.69) is 20.9 Å². The van der Waals surface area contributed by atoms with Gasteiger partial charge in [0.2, 0.25) is 5.90 Å². The first-order valence-corrected chi connectivity index (χ1v) is 10.8. The molecule has 8 heteroatoms. The van der Waals surface area contributed by atoms with E-state index >= 15 is 0 Å². The molecular weight excluding hydrogens is 496 g/mol. The minimum atomic E-state index is -0.682. The van der Waals surface area contributed by atoms with E-state index in [1.165, 1.54) is 30.3 Å². The van der Waals surface area contributed by atoms with Crippen molar-refractivity contribution in [3.63, 3.8) is 0 Å². The number of hydrogen-bond donors (Lipinski definition) is 0. The summed E-state index contributed by atoms with van der Waals surface area (Å²) in [5.74, 6) is -0.710. The quantitative estimate of drug-likeness (QED) is 0.285. The zero-order valence-corrected chi connectivity index (χ0v) is 19.1. The van der Waals surface area contributed by atoms with Gasteiger partial charge >= 0.3 is 5.97 Å². The molecule has 1 heterocycles. The minimum absolute atomic E-state index is 0.0302. The van der Waals surface area contributed by atoms with Gasteiger partial charge in [-0.05, 0) is 76.5 Å². The third-order valence-electron chi connectivity index (χ3n) is 4.66. The number of esters is 1. The van der Waals surface area contributed by atoms with Crippen LogP contribution in [-0.4, -0.2) is 18.5 Å². The highest BCUT2D eigenvalue weighted by molar-refractivity contribution is 9.10. The molecule has 0 saturated heterocycles. The average Bonchev–Trinajstić information content (AvgIpc) is 3.15. The first-order chi connectivity index (χ1) is 15.9. The Hall–Kier alpha value is -3.52. The normalized spacial score (nSPS) is 14.2. The molecule has 1 aliphatic rings. The van der Waals surface area contributed by atoms with E-state index in [9.17, 15) is 13.6 Å². The monoisotopic (exact) mass is 513 g/mol. The second kappa shape index (κ2) is 9.95. The summed E-state index contributed by atoms with van der Waals surface area (Å²) in [7, 11) is 0. The lowest BCUT2D eigenvalue weighted by Crippen LogP contribution is -2.07. The molecule has 3 aromatic rings. The third-order valence-corrected chi connectivity index (χ3v) is 5.25. The summed E-state index contributed by atoms with van der Waals surface area (Å²) < 4.78 is 44.5. The van der Waals surface area contributed by atoms with Gasteiger partial charge in [-0.2, -0.15) is 0 Å². The van der Waals surface area contributed by atoms with E-state index in [0.29, 0.717) is 28.1 Å². The van der Waals surface area contributed by atoms with Gasteiger partial charge in [-0.25, -0.2) is 18.6 Å². The Morgan fingerprint density at radius 3 is 2.55 bits per heavy atom. The number of carbonyl (C=O) groups is 1. The summed E-state index contributed by atoms with van der Waals surface area (Å²) in [4.78, 5) is 16.5. The van der Waals surface area contributed by atoms with Crippen LogP contribution in [0.3, 0.4) is 0 Å². The second-order valence-corrected chi connectivity index (χ2v) is 7.85. The van der Waals surface area contributed by atoms with Gasteiger partial charge in [0.05, 0.1) is 16.6 Å². The predicted octanol–water partition coefficient (Wildman–Crippen LogP) is 6.05.